The van der Waals surface area contributed by atoms with Crippen LogP contribution in [0.4, 0.5) is 5.82 Å². The zero-order valence-electron chi connectivity index (χ0n) is 16.2. The number of benzene rings is 1. The number of β-amino-alcohol motifs (C(OH)–C–C–N with tert-alkyl or cyclic N) is 1. The number of pyridine rings is 1. The Labute approximate surface area is 178 Å². The van der Waals surface area contributed by atoms with E-state index in [0.29, 0.717) is 13.0 Å². The van der Waals surface area contributed by atoms with Crippen molar-refractivity contribution in [2.75, 3.05) is 44.3 Å². The number of rotatable bonds is 3. The first kappa shape index (κ1) is 23.1. The van der Waals surface area contributed by atoms with Crippen LogP contribution in [0, 0.1) is 6.92 Å². The molecule has 0 spiro atoms. The number of ether oxygens (including phenoxy) is 1. The van der Waals surface area contributed by atoms with Gasteiger partial charge in [-0.25, -0.2) is 4.98 Å². The third kappa shape index (κ3) is 5.26. The predicted octanol–water partition coefficient (Wildman–Crippen LogP) is 2.12. The van der Waals surface area contributed by atoms with Gasteiger partial charge in [0.15, 0.2) is 0 Å². The van der Waals surface area contributed by atoms with Crippen molar-refractivity contribution in [2.45, 2.75) is 32.0 Å². The lowest BCUT2D eigenvalue weighted by molar-refractivity contribution is 0.0564. The van der Waals surface area contributed by atoms with Gasteiger partial charge in [-0.3, -0.25) is 4.90 Å². The van der Waals surface area contributed by atoms with Crippen molar-refractivity contribution in [1.29, 1.82) is 0 Å². The SMILES string of the molecule is Cc1ccc2cc(CN3C[C@@H](N)C[C@@H](O)C3)c(N3CCOCC3)nc2c1.Cl.Cl. The highest BCUT2D eigenvalue weighted by atomic mass is 35.5. The second-order valence-electron chi connectivity index (χ2n) is 7.61. The molecule has 1 aromatic heterocycles. The van der Waals surface area contributed by atoms with Crippen molar-refractivity contribution in [3.8, 4) is 0 Å². The first-order valence-electron chi connectivity index (χ1n) is 9.47. The summed E-state index contributed by atoms with van der Waals surface area (Å²) in [5.74, 6) is 1.04. The van der Waals surface area contributed by atoms with Gasteiger partial charge in [0.05, 0.1) is 24.8 Å². The summed E-state index contributed by atoms with van der Waals surface area (Å²) in [5.41, 5.74) is 9.56. The fraction of sp³-hybridized carbons (Fsp3) is 0.550. The number of morpholine rings is 1. The van der Waals surface area contributed by atoms with E-state index in [2.05, 4.69) is 41.0 Å². The minimum absolute atomic E-state index is 0. The van der Waals surface area contributed by atoms with Crippen LogP contribution >= 0.6 is 24.8 Å². The number of hydrogen-bond donors (Lipinski definition) is 2. The molecule has 0 aliphatic carbocycles. The molecule has 3 N–H and O–H groups in total. The molecule has 2 aliphatic heterocycles. The number of nitrogens with zero attached hydrogens (tertiary/aromatic N) is 3. The maximum Gasteiger partial charge on any atom is 0.133 e. The van der Waals surface area contributed by atoms with Crippen LogP contribution in [0.3, 0.4) is 0 Å². The van der Waals surface area contributed by atoms with Crippen LogP contribution in [-0.4, -0.2) is 66.5 Å². The molecule has 156 valence electrons. The maximum absolute atomic E-state index is 10.1. The van der Waals surface area contributed by atoms with Crippen molar-refractivity contribution in [3.05, 3.63) is 35.4 Å². The molecule has 0 amide bonds. The van der Waals surface area contributed by atoms with E-state index in [9.17, 15) is 5.11 Å². The van der Waals surface area contributed by atoms with Gasteiger partial charge in [-0.15, -0.1) is 24.8 Å². The Hall–Kier alpha value is -1.15. The fourth-order valence-corrected chi connectivity index (χ4v) is 4.05. The minimum Gasteiger partial charge on any atom is -0.392 e. The summed E-state index contributed by atoms with van der Waals surface area (Å²) in [6, 6.07) is 8.69. The second kappa shape index (κ2) is 10.1. The Bertz CT molecular complexity index is 776. The number of halogens is 2. The molecular formula is C20H30Cl2N4O2. The molecule has 2 aromatic rings. The average Bonchev–Trinajstić information content (AvgIpc) is 2.61. The van der Waals surface area contributed by atoms with E-state index in [1.807, 2.05) is 0 Å². The minimum atomic E-state index is -0.346. The Morgan fingerprint density at radius 1 is 1.18 bits per heavy atom. The Balaban J connectivity index is 0.00000140. The van der Waals surface area contributed by atoms with E-state index < -0.39 is 0 Å². The summed E-state index contributed by atoms with van der Waals surface area (Å²) in [5, 5.41) is 11.2. The molecule has 0 bridgehead atoms. The summed E-state index contributed by atoms with van der Waals surface area (Å²) >= 11 is 0. The summed E-state index contributed by atoms with van der Waals surface area (Å²) in [7, 11) is 0. The number of piperidine rings is 1. The number of aromatic nitrogens is 1. The van der Waals surface area contributed by atoms with Crippen LogP contribution in [0.1, 0.15) is 17.5 Å². The highest BCUT2D eigenvalue weighted by molar-refractivity contribution is 5.85. The lowest BCUT2D eigenvalue weighted by atomic mass is 10.0. The molecule has 28 heavy (non-hydrogen) atoms. The molecule has 4 rings (SSSR count). The van der Waals surface area contributed by atoms with Gasteiger partial charge in [0.2, 0.25) is 0 Å². The Morgan fingerprint density at radius 2 is 1.93 bits per heavy atom. The van der Waals surface area contributed by atoms with Crippen molar-refractivity contribution in [1.82, 2.24) is 9.88 Å². The van der Waals surface area contributed by atoms with Crippen molar-refractivity contribution < 1.29 is 9.84 Å². The summed E-state index contributed by atoms with van der Waals surface area (Å²) in [6.45, 7) is 7.53. The quantitative estimate of drug-likeness (QED) is 0.779. The number of aliphatic hydroxyl groups is 1. The zero-order chi connectivity index (χ0) is 18.1. The van der Waals surface area contributed by atoms with Gasteiger partial charge in [-0.05, 0) is 31.0 Å². The molecule has 2 aliphatic rings. The molecule has 2 atom stereocenters. The number of hydrogen-bond acceptors (Lipinski definition) is 6. The van der Waals surface area contributed by atoms with E-state index in [1.165, 1.54) is 11.1 Å². The van der Waals surface area contributed by atoms with Gasteiger partial charge in [-0.2, -0.15) is 0 Å². The Morgan fingerprint density at radius 3 is 2.64 bits per heavy atom. The zero-order valence-corrected chi connectivity index (χ0v) is 17.8. The van der Waals surface area contributed by atoms with Gasteiger partial charge in [0.1, 0.15) is 5.82 Å². The molecule has 0 saturated carbocycles. The number of fused-ring (bicyclic) bond motifs is 1. The van der Waals surface area contributed by atoms with Crippen molar-refractivity contribution >= 4 is 41.5 Å². The molecule has 2 saturated heterocycles. The van der Waals surface area contributed by atoms with Crippen LogP contribution in [-0.2, 0) is 11.3 Å². The van der Waals surface area contributed by atoms with Crippen molar-refractivity contribution in [2.24, 2.45) is 5.73 Å². The third-order valence-corrected chi connectivity index (χ3v) is 5.27. The topological polar surface area (TPSA) is 74.8 Å². The number of likely N-dealkylation sites (tertiary alicyclic amines) is 1. The van der Waals surface area contributed by atoms with Crippen LogP contribution in [0.2, 0.25) is 0 Å². The van der Waals surface area contributed by atoms with Gasteiger partial charge < -0.3 is 20.5 Å². The molecule has 8 heteroatoms. The monoisotopic (exact) mass is 428 g/mol. The highest BCUT2D eigenvalue weighted by Gasteiger charge is 2.25. The first-order chi connectivity index (χ1) is 12.6. The van der Waals surface area contributed by atoms with E-state index in [1.54, 1.807) is 0 Å². The molecular weight excluding hydrogens is 399 g/mol. The summed E-state index contributed by atoms with van der Waals surface area (Å²) in [4.78, 5) is 9.58. The standard InChI is InChI=1S/C20H28N4O2.2ClH/c1-14-2-3-15-9-16(11-23-12-17(21)10-18(25)13-23)20(22-19(15)8-14)24-4-6-26-7-5-24;;/h2-3,8-9,17-18,25H,4-7,10-13,21H2,1H3;2*1H/t17-,18+;;/m0../s1. The van der Waals surface area contributed by atoms with Crippen molar-refractivity contribution in [3.63, 3.8) is 0 Å². The normalized spacial score (nSPS) is 23.2. The van der Waals surface area contributed by atoms with Crippen LogP contribution in [0.25, 0.3) is 10.9 Å². The molecule has 3 heterocycles. The summed E-state index contributed by atoms with van der Waals surface area (Å²) < 4.78 is 5.52. The smallest absolute Gasteiger partial charge is 0.133 e. The lowest BCUT2D eigenvalue weighted by Crippen LogP contribution is -2.48. The van der Waals surface area contributed by atoms with Crippen LogP contribution in [0.15, 0.2) is 24.3 Å². The largest absolute Gasteiger partial charge is 0.392 e. The van der Waals surface area contributed by atoms with Crippen LogP contribution < -0.4 is 10.6 Å². The van der Waals surface area contributed by atoms with Gasteiger partial charge >= 0.3 is 0 Å². The maximum atomic E-state index is 10.1. The second-order valence-corrected chi connectivity index (χ2v) is 7.61. The van der Waals surface area contributed by atoms with Gasteiger partial charge in [0.25, 0.3) is 0 Å². The van der Waals surface area contributed by atoms with Crippen LogP contribution in [0.5, 0.6) is 0 Å². The van der Waals surface area contributed by atoms with E-state index in [0.717, 1.165) is 56.1 Å². The fourth-order valence-electron chi connectivity index (χ4n) is 4.05. The Kier molecular flexibility index (Phi) is 8.30. The molecule has 0 unspecified atom stereocenters. The summed E-state index contributed by atoms with van der Waals surface area (Å²) in [6.07, 6.45) is 0.337. The van der Waals surface area contributed by atoms with Gasteiger partial charge in [0, 0.05) is 49.7 Å². The number of nitrogens with two attached hydrogens (primary N) is 1. The number of anilines is 1. The highest BCUT2D eigenvalue weighted by Crippen LogP contribution is 2.27. The first-order valence-corrected chi connectivity index (χ1v) is 9.47. The average molecular weight is 429 g/mol. The lowest BCUT2D eigenvalue weighted by Gasteiger charge is -2.35. The van der Waals surface area contributed by atoms with Gasteiger partial charge in [-0.1, -0.05) is 12.1 Å². The number of aliphatic hydroxyl groups excluding tert-OH is 1. The molecule has 0 radical (unpaired) electrons. The van der Waals surface area contributed by atoms with E-state index in [4.69, 9.17) is 15.5 Å². The third-order valence-electron chi connectivity index (χ3n) is 5.27. The van der Waals surface area contributed by atoms with E-state index in [-0.39, 0.29) is 37.0 Å². The van der Waals surface area contributed by atoms with E-state index >= 15 is 0 Å². The number of aryl methyl sites for hydroxylation is 1. The molecule has 6 nitrogen and oxygen atoms in total. The predicted molar refractivity (Wildman–Crippen MR) is 118 cm³/mol. The molecule has 2 fully saturated rings. The molecule has 1 aromatic carbocycles.